The topological polar surface area (TPSA) is 90.4 Å². The molecule has 0 heterocycles. The second kappa shape index (κ2) is 5.98. The van der Waals surface area contributed by atoms with E-state index in [1.54, 1.807) is 26.1 Å². The number of nitriles is 1. The molecular formula is C12H15N3O3. The van der Waals surface area contributed by atoms with Crippen LogP contribution in [0.25, 0.3) is 0 Å². The third-order valence-corrected chi connectivity index (χ3v) is 2.64. The van der Waals surface area contributed by atoms with E-state index in [0.717, 1.165) is 5.69 Å². The first kappa shape index (κ1) is 13.9. The summed E-state index contributed by atoms with van der Waals surface area (Å²) in [6.07, 6.45) is 0. The highest BCUT2D eigenvalue weighted by molar-refractivity contribution is 5.55. The molecule has 0 saturated heterocycles. The predicted octanol–water partition coefficient (Wildman–Crippen LogP) is 1.68. The van der Waals surface area contributed by atoms with Crippen molar-refractivity contribution in [2.75, 3.05) is 18.5 Å². The van der Waals surface area contributed by atoms with Crippen LogP contribution in [0.3, 0.4) is 0 Å². The van der Waals surface area contributed by atoms with Crippen molar-refractivity contribution in [3.8, 4) is 6.07 Å². The fourth-order valence-electron chi connectivity index (χ4n) is 1.67. The fraction of sp³-hybridized carbons (Fsp3) is 0.417. The molecule has 0 spiro atoms. The maximum absolute atomic E-state index is 10.7. The van der Waals surface area contributed by atoms with Crippen LogP contribution in [0.5, 0.6) is 0 Å². The molecule has 1 atom stereocenters. The van der Waals surface area contributed by atoms with Crippen molar-refractivity contribution in [2.24, 2.45) is 5.92 Å². The molecule has 0 radical (unpaired) electrons. The van der Waals surface area contributed by atoms with Crippen LogP contribution in [0.4, 0.5) is 11.4 Å². The molecule has 96 valence electrons. The molecule has 0 amide bonds. The van der Waals surface area contributed by atoms with E-state index in [2.05, 4.69) is 6.07 Å². The minimum absolute atomic E-state index is 0.0945. The molecule has 0 aliphatic carbocycles. The van der Waals surface area contributed by atoms with Gasteiger partial charge in [-0.3, -0.25) is 10.1 Å². The van der Waals surface area contributed by atoms with Gasteiger partial charge >= 0.3 is 0 Å². The lowest BCUT2D eigenvalue weighted by molar-refractivity contribution is -0.385. The van der Waals surface area contributed by atoms with Crippen molar-refractivity contribution in [2.45, 2.75) is 13.5 Å². The molecule has 0 fully saturated rings. The Balaban J connectivity index is 2.99. The Morgan fingerprint density at radius 3 is 2.78 bits per heavy atom. The lowest BCUT2D eigenvalue weighted by Gasteiger charge is -2.20. The Morgan fingerprint density at radius 1 is 1.61 bits per heavy atom. The standard InChI is InChI=1S/C12H15N3O3/c1-9(6-13)7-14(2)11-3-4-12(15(17)18)10(5-11)8-16/h3-5,9,16H,7-8H2,1-2H3. The van der Waals surface area contributed by atoms with Gasteiger partial charge < -0.3 is 10.0 Å². The maximum atomic E-state index is 10.7. The number of aliphatic hydroxyl groups excluding tert-OH is 1. The third kappa shape index (κ3) is 3.18. The van der Waals surface area contributed by atoms with E-state index in [1.807, 2.05) is 4.90 Å². The van der Waals surface area contributed by atoms with Crippen LogP contribution >= 0.6 is 0 Å². The second-order valence-corrected chi connectivity index (χ2v) is 4.14. The number of aliphatic hydroxyl groups is 1. The first-order valence-corrected chi connectivity index (χ1v) is 5.48. The van der Waals surface area contributed by atoms with Gasteiger partial charge in [0.05, 0.1) is 29.1 Å². The van der Waals surface area contributed by atoms with Gasteiger partial charge in [-0.05, 0) is 19.1 Å². The predicted molar refractivity (Wildman–Crippen MR) is 67.1 cm³/mol. The molecule has 6 nitrogen and oxygen atoms in total. The summed E-state index contributed by atoms with van der Waals surface area (Å²) in [5, 5.41) is 28.6. The van der Waals surface area contributed by atoms with Crippen LogP contribution in [-0.2, 0) is 6.61 Å². The molecule has 1 aromatic carbocycles. The lowest BCUT2D eigenvalue weighted by Crippen LogP contribution is -2.23. The molecule has 6 heteroatoms. The van der Waals surface area contributed by atoms with Crippen LogP contribution in [0.2, 0.25) is 0 Å². The fourth-order valence-corrected chi connectivity index (χ4v) is 1.67. The van der Waals surface area contributed by atoms with E-state index < -0.39 is 4.92 Å². The van der Waals surface area contributed by atoms with Crippen LogP contribution in [-0.4, -0.2) is 23.6 Å². The highest BCUT2D eigenvalue weighted by Crippen LogP contribution is 2.24. The van der Waals surface area contributed by atoms with Crippen molar-refractivity contribution in [3.05, 3.63) is 33.9 Å². The van der Waals surface area contributed by atoms with Crippen LogP contribution < -0.4 is 4.90 Å². The number of hydrogen-bond donors (Lipinski definition) is 1. The first-order valence-electron chi connectivity index (χ1n) is 5.48. The van der Waals surface area contributed by atoms with Crippen molar-refractivity contribution >= 4 is 11.4 Å². The average Bonchev–Trinajstić information content (AvgIpc) is 2.37. The summed E-state index contributed by atoms with van der Waals surface area (Å²) in [7, 11) is 1.80. The Morgan fingerprint density at radius 2 is 2.28 bits per heavy atom. The minimum atomic E-state index is -0.521. The summed E-state index contributed by atoms with van der Waals surface area (Å²) in [5.41, 5.74) is 0.920. The number of anilines is 1. The van der Waals surface area contributed by atoms with E-state index in [4.69, 9.17) is 10.4 Å². The van der Waals surface area contributed by atoms with Gasteiger partial charge in [0.25, 0.3) is 5.69 Å². The SMILES string of the molecule is CC(C#N)CN(C)c1ccc([N+](=O)[O-])c(CO)c1. The molecular weight excluding hydrogens is 234 g/mol. The van der Waals surface area contributed by atoms with Crippen LogP contribution in [0.1, 0.15) is 12.5 Å². The zero-order valence-electron chi connectivity index (χ0n) is 10.3. The highest BCUT2D eigenvalue weighted by Gasteiger charge is 2.15. The molecule has 1 N–H and O–H groups in total. The summed E-state index contributed by atoms with van der Waals surface area (Å²) in [6, 6.07) is 6.68. The van der Waals surface area contributed by atoms with Crippen LogP contribution in [0.15, 0.2) is 18.2 Å². The number of nitro benzene ring substituents is 1. The summed E-state index contributed by atoms with van der Waals surface area (Å²) in [5.74, 6) is -0.136. The monoisotopic (exact) mass is 249 g/mol. The third-order valence-electron chi connectivity index (χ3n) is 2.64. The molecule has 0 aliphatic rings. The average molecular weight is 249 g/mol. The molecule has 0 aliphatic heterocycles. The van der Waals surface area contributed by atoms with Gasteiger partial charge in [-0.25, -0.2) is 0 Å². The Hall–Kier alpha value is -2.13. The molecule has 0 saturated carbocycles. The Kier molecular flexibility index (Phi) is 4.63. The second-order valence-electron chi connectivity index (χ2n) is 4.14. The number of benzene rings is 1. The molecule has 0 bridgehead atoms. The van der Waals surface area contributed by atoms with E-state index in [1.165, 1.54) is 6.07 Å². The quantitative estimate of drug-likeness (QED) is 0.633. The van der Waals surface area contributed by atoms with Crippen molar-refractivity contribution in [3.63, 3.8) is 0 Å². The normalized spacial score (nSPS) is 11.7. The van der Waals surface area contributed by atoms with Crippen LogP contribution in [0, 0.1) is 27.4 Å². The van der Waals surface area contributed by atoms with E-state index in [0.29, 0.717) is 6.54 Å². The number of nitrogens with zero attached hydrogens (tertiary/aromatic N) is 3. The van der Waals surface area contributed by atoms with Gasteiger partial charge in [0, 0.05) is 25.3 Å². The lowest BCUT2D eigenvalue weighted by atomic mass is 10.1. The summed E-state index contributed by atoms with van der Waals surface area (Å²) in [4.78, 5) is 12.0. The van der Waals surface area contributed by atoms with E-state index in [9.17, 15) is 10.1 Å². The van der Waals surface area contributed by atoms with Crippen molar-refractivity contribution in [1.29, 1.82) is 5.26 Å². The van der Waals surface area contributed by atoms with E-state index >= 15 is 0 Å². The largest absolute Gasteiger partial charge is 0.391 e. The maximum Gasteiger partial charge on any atom is 0.275 e. The van der Waals surface area contributed by atoms with Crippen molar-refractivity contribution < 1.29 is 10.0 Å². The first-order chi connectivity index (χ1) is 8.49. The van der Waals surface area contributed by atoms with Gasteiger partial charge in [0.2, 0.25) is 0 Å². The molecule has 0 aromatic heterocycles. The van der Waals surface area contributed by atoms with Gasteiger partial charge in [-0.2, -0.15) is 5.26 Å². The van der Waals surface area contributed by atoms with Gasteiger partial charge in [0.1, 0.15) is 0 Å². The highest BCUT2D eigenvalue weighted by atomic mass is 16.6. The number of nitro groups is 1. The molecule has 1 unspecified atom stereocenters. The number of hydrogen-bond acceptors (Lipinski definition) is 5. The zero-order valence-corrected chi connectivity index (χ0v) is 10.3. The molecule has 18 heavy (non-hydrogen) atoms. The smallest absolute Gasteiger partial charge is 0.275 e. The van der Waals surface area contributed by atoms with Crippen molar-refractivity contribution in [1.82, 2.24) is 0 Å². The van der Waals surface area contributed by atoms with Gasteiger partial charge in [-0.1, -0.05) is 0 Å². The Bertz CT molecular complexity index is 482. The minimum Gasteiger partial charge on any atom is -0.391 e. The summed E-state index contributed by atoms with van der Waals surface area (Å²) in [6.45, 7) is 1.94. The molecule has 1 rings (SSSR count). The zero-order chi connectivity index (χ0) is 13.7. The van der Waals surface area contributed by atoms with Gasteiger partial charge in [0.15, 0.2) is 0 Å². The molecule has 1 aromatic rings. The van der Waals surface area contributed by atoms with Gasteiger partial charge in [-0.15, -0.1) is 0 Å². The number of rotatable bonds is 5. The summed E-state index contributed by atoms with van der Waals surface area (Å²) >= 11 is 0. The summed E-state index contributed by atoms with van der Waals surface area (Å²) < 4.78 is 0. The Labute approximate surface area is 105 Å². The van der Waals surface area contributed by atoms with E-state index in [-0.39, 0.29) is 23.8 Å².